The number of carbonyl (C=O) groups is 1. The Labute approximate surface area is 83.1 Å². The third kappa shape index (κ3) is 3.31. The molecule has 1 nitrogen and oxygen atoms in total. The van der Waals surface area contributed by atoms with Gasteiger partial charge < -0.3 is 0 Å². The summed E-state index contributed by atoms with van der Waals surface area (Å²) in [6.45, 7) is 0. The maximum Gasteiger partial charge on any atom is 0.247 e. The molecule has 0 aliphatic carbocycles. The molecule has 0 bridgehead atoms. The smallest absolute Gasteiger partial charge is 0.247 e. The minimum absolute atomic E-state index is 0.192. The summed E-state index contributed by atoms with van der Waals surface area (Å²) >= 11 is 8.06. The lowest BCUT2D eigenvalue weighted by molar-refractivity contribution is 0.277. The fraction of sp³-hybridized carbons (Fsp3) is 0. The van der Waals surface area contributed by atoms with Crippen LogP contribution in [-0.4, -0.2) is 4.45 Å². The van der Waals surface area contributed by atoms with E-state index in [1.807, 2.05) is 24.3 Å². The lowest BCUT2D eigenvalue weighted by atomic mass is 10.4. The minimum atomic E-state index is -0.192. The van der Waals surface area contributed by atoms with E-state index >= 15 is 0 Å². The van der Waals surface area contributed by atoms with Gasteiger partial charge in [-0.3, -0.25) is 4.79 Å². The van der Waals surface area contributed by atoms with Crippen LogP contribution in [0.5, 0.6) is 0 Å². The molecule has 0 radical (unpaired) electrons. The van der Waals surface area contributed by atoms with E-state index in [4.69, 9.17) is 0 Å². The van der Waals surface area contributed by atoms with Gasteiger partial charge in [0.15, 0.2) is 0 Å². The Morgan fingerprint density at radius 2 is 2.27 bits per heavy atom. The van der Waals surface area contributed by atoms with Gasteiger partial charge in [0.25, 0.3) is 0 Å². The van der Waals surface area contributed by atoms with E-state index in [0.717, 1.165) is 21.1 Å². The zero-order chi connectivity index (χ0) is 8.27. The van der Waals surface area contributed by atoms with E-state index < -0.39 is 0 Å². The van der Waals surface area contributed by atoms with E-state index in [1.54, 1.807) is 0 Å². The van der Waals surface area contributed by atoms with Crippen molar-refractivity contribution >= 4 is 44.8 Å². The van der Waals surface area contributed by atoms with Crippen molar-refractivity contribution in [1.29, 1.82) is 0 Å². The Kier molecular flexibility index (Phi) is 3.48. The normalized spacial score (nSPS) is 9.64. The number of halogens is 1. The quantitative estimate of drug-likeness (QED) is 0.605. The van der Waals surface area contributed by atoms with Gasteiger partial charge in [-0.1, -0.05) is 34.6 Å². The number of hydrogen-bond acceptors (Lipinski definition) is 2. The van der Waals surface area contributed by atoms with Crippen LogP contribution < -0.4 is 0 Å². The number of thioether (sulfide) groups is 1. The Morgan fingerprint density at radius 1 is 1.55 bits per heavy atom. The minimum Gasteiger partial charge on any atom is -0.274 e. The molecule has 0 aromatic heterocycles. The van der Waals surface area contributed by atoms with Crippen molar-refractivity contribution in [2.24, 2.45) is 0 Å². The second kappa shape index (κ2) is 4.18. The van der Waals surface area contributed by atoms with Crippen molar-refractivity contribution in [2.45, 2.75) is 4.90 Å². The monoisotopic (exact) mass is 248 g/mol. The molecule has 0 amide bonds. The van der Waals surface area contributed by atoms with Crippen LogP contribution in [0.25, 0.3) is 0 Å². The van der Waals surface area contributed by atoms with Crippen LogP contribution in [0.3, 0.4) is 0 Å². The molecule has 1 aromatic carbocycles. The lowest BCUT2D eigenvalue weighted by Crippen LogP contribution is -1.74. The number of hydrogen-bond donors (Lipinski definition) is 1. The predicted molar refractivity (Wildman–Crippen MR) is 54.4 cm³/mol. The average Bonchev–Trinajstić information content (AvgIpc) is 1.85. The van der Waals surface area contributed by atoms with Crippen molar-refractivity contribution in [1.82, 2.24) is 0 Å². The highest BCUT2D eigenvalue weighted by molar-refractivity contribution is 9.10. The first-order valence-electron chi connectivity index (χ1n) is 2.85. The molecule has 0 spiro atoms. The summed E-state index contributed by atoms with van der Waals surface area (Å²) in [6.07, 6.45) is 0. The van der Waals surface area contributed by atoms with Crippen molar-refractivity contribution in [3.63, 3.8) is 0 Å². The van der Waals surface area contributed by atoms with Crippen LogP contribution in [-0.2, 0) is 0 Å². The Morgan fingerprint density at radius 3 is 2.82 bits per heavy atom. The van der Waals surface area contributed by atoms with Gasteiger partial charge in [0, 0.05) is 9.37 Å². The molecule has 11 heavy (non-hydrogen) atoms. The van der Waals surface area contributed by atoms with Gasteiger partial charge >= 0.3 is 0 Å². The highest BCUT2D eigenvalue weighted by Crippen LogP contribution is 2.23. The van der Waals surface area contributed by atoms with Crippen LogP contribution in [0.2, 0.25) is 0 Å². The van der Waals surface area contributed by atoms with Crippen molar-refractivity contribution < 1.29 is 4.79 Å². The highest BCUT2D eigenvalue weighted by atomic mass is 79.9. The molecule has 1 rings (SSSR count). The molecular formula is C7H5BrOS2. The van der Waals surface area contributed by atoms with E-state index in [9.17, 15) is 4.79 Å². The fourth-order valence-corrected chi connectivity index (χ4v) is 2.03. The SMILES string of the molecule is O=C(S)Sc1cccc(Br)c1. The molecule has 0 unspecified atom stereocenters. The van der Waals surface area contributed by atoms with Gasteiger partial charge in [-0.15, -0.1) is 0 Å². The molecular weight excluding hydrogens is 244 g/mol. The maximum absolute atomic E-state index is 10.5. The second-order valence-corrected chi connectivity index (χ2v) is 4.50. The van der Waals surface area contributed by atoms with Crippen LogP contribution in [0.15, 0.2) is 33.6 Å². The third-order valence-corrected chi connectivity index (χ3v) is 2.43. The van der Waals surface area contributed by atoms with Gasteiger partial charge in [0.05, 0.1) is 0 Å². The van der Waals surface area contributed by atoms with Gasteiger partial charge in [-0.25, -0.2) is 0 Å². The number of rotatable bonds is 1. The van der Waals surface area contributed by atoms with E-state index in [0.29, 0.717) is 0 Å². The van der Waals surface area contributed by atoms with Gasteiger partial charge in [0.1, 0.15) is 0 Å². The molecule has 4 heteroatoms. The largest absolute Gasteiger partial charge is 0.274 e. The molecule has 1 aromatic rings. The van der Waals surface area contributed by atoms with E-state index in [2.05, 4.69) is 28.6 Å². The van der Waals surface area contributed by atoms with Gasteiger partial charge in [-0.2, -0.15) is 0 Å². The fourth-order valence-electron chi connectivity index (χ4n) is 0.631. The summed E-state index contributed by atoms with van der Waals surface area (Å²) in [7, 11) is 0. The summed E-state index contributed by atoms with van der Waals surface area (Å²) < 4.78 is 0.778. The zero-order valence-corrected chi connectivity index (χ0v) is 8.75. The zero-order valence-electron chi connectivity index (χ0n) is 5.45. The molecule has 0 atom stereocenters. The standard InChI is InChI=1S/C7H5BrOS2/c8-5-2-1-3-6(4-5)11-7(9)10/h1-4H,(H,9,10). The number of carbonyl (C=O) groups excluding carboxylic acids is 1. The van der Waals surface area contributed by atoms with Crippen molar-refractivity contribution in [3.8, 4) is 0 Å². The maximum atomic E-state index is 10.5. The van der Waals surface area contributed by atoms with Crippen molar-refractivity contribution in [3.05, 3.63) is 28.7 Å². The molecule has 58 valence electrons. The topological polar surface area (TPSA) is 17.1 Å². The van der Waals surface area contributed by atoms with E-state index in [1.165, 1.54) is 0 Å². The highest BCUT2D eigenvalue weighted by Gasteiger charge is 1.98. The Bertz CT molecular complexity index is 275. The molecule has 0 N–H and O–H groups in total. The third-order valence-electron chi connectivity index (χ3n) is 1.00. The van der Waals surface area contributed by atoms with Crippen molar-refractivity contribution in [2.75, 3.05) is 0 Å². The average molecular weight is 249 g/mol. The number of benzene rings is 1. The van der Waals surface area contributed by atoms with E-state index in [-0.39, 0.29) is 4.45 Å². The summed E-state index contributed by atoms with van der Waals surface area (Å²) in [6, 6.07) is 7.53. The Hall–Kier alpha value is 0.0700. The summed E-state index contributed by atoms with van der Waals surface area (Å²) in [5.74, 6) is 0. The molecule has 0 aliphatic rings. The van der Waals surface area contributed by atoms with Crippen LogP contribution in [0, 0.1) is 0 Å². The van der Waals surface area contributed by atoms with Crippen LogP contribution >= 0.6 is 40.3 Å². The predicted octanol–water partition coefficient (Wildman–Crippen LogP) is 3.59. The van der Waals surface area contributed by atoms with Crippen LogP contribution in [0.1, 0.15) is 0 Å². The first-order valence-corrected chi connectivity index (χ1v) is 4.90. The summed E-state index contributed by atoms with van der Waals surface area (Å²) in [4.78, 5) is 11.4. The van der Waals surface area contributed by atoms with Gasteiger partial charge in [-0.05, 0) is 30.0 Å². The first-order chi connectivity index (χ1) is 5.18. The second-order valence-electron chi connectivity index (χ2n) is 1.83. The molecule has 0 saturated carbocycles. The lowest BCUT2D eigenvalue weighted by Gasteiger charge is -1.95. The van der Waals surface area contributed by atoms with Gasteiger partial charge in [0.2, 0.25) is 4.45 Å². The molecule has 0 saturated heterocycles. The Balaban J connectivity index is 2.79. The van der Waals surface area contributed by atoms with Crippen LogP contribution in [0.4, 0.5) is 4.79 Å². The first kappa shape index (κ1) is 9.16. The summed E-state index contributed by atoms with van der Waals surface area (Å²) in [5, 5.41) is 0. The molecule has 0 aliphatic heterocycles. The number of thiol groups is 1. The molecule has 0 heterocycles. The summed E-state index contributed by atoms with van der Waals surface area (Å²) in [5.41, 5.74) is 0. The molecule has 0 fully saturated rings.